The second-order valence-electron chi connectivity index (χ2n) is 5.35. The number of hydrogen-bond acceptors (Lipinski definition) is 5. The summed E-state index contributed by atoms with van der Waals surface area (Å²) >= 11 is 0. The van der Waals surface area contributed by atoms with Crippen molar-refractivity contribution in [2.45, 2.75) is 13.0 Å². The average molecular weight is 294 g/mol. The standard InChI is InChI=1S/C15H22N2O4/c1-11(17-6-8-21-9-7-17)10-16(2)15(20)14-12(18)4-3-5-13(14)19/h3-5,11,18-19H,6-10H2,1-2H3/t11-/m0/s1. The van der Waals surface area contributed by atoms with Crippen LogP contribution >= 0.6 is 0 Å². The Labute approximate surface area is 124 Å². The van der Waals surface area contributed by atoms with Crippen molar-refractivity contribution in [3.8, 4) is 11.5 Å². The fraction of sp³-hybridized carbons (Fsp3) is 0.533. The van der Waals surface area contributed by atoms with Crippen LogP contribution in [0.4, 0.5) is 0 Å². The topological polar surface area (TPSA) is 73.2 Å². The molecule has 0 bridgehead atoms. The Morgan fingerprint density at radius 3 is 2.48 bits per heavy atom. The van der Waals surface area contributed by atoms with Gasteiger partial charge in [0.25, 0.3) is 5.91 Å². The molecule has 2 rings (SSSR count). The number of rotatable bonds is 4. The third-order valence-electron chi connectivity index (χ3n) is 3.79. The predicted molar refractivity (Wildman–Crippen MR) is 78.6 cm³/mol. The van der Waals surface area contributed by atoms with Gasteiger partial charge in [-0.1, -0.05) is 6.07 Å². The number of hydrogen-bond donors (Lipinski definition) is 2. The quantitative estimate of drug-likeness (QED) is 0.863. The summed E-state index contributed by atoms with van der Waals surface area (Å²) in [6, 6.07) is 4.48. The van der Waals surface area contributed by atoms with Gasteiger partial charge in [0, 0.05) is 32.7 Å². The van der Waals surface area contributed by atoms with Gasteiger partial charge in [-0.3, -0.25) is 9.69 Å². The summed E-state index contributed by atoms with van der Waals surface area (Å²) in [6.45, 7) is 5.70. The molecule has 0 aromatic heterocycles. The molecular weight excluding hydrogens is 272 g/mol. The van der Waals surface area contributed by atoms with Gasteiger partial charge < -0.3 is 19.8 Å². The maximum absolute atomic E-state index is 12.4. The molecule has 1 aromatic carbocycles. The SMILES string of the molecule is C[C@@H](CN(C)C(=O)c1c(O)cccc1O)N1CCOCC1. The van der Waals surface area contributed by atoms with Crippen LogP contribution in [0.25, 0.3) is 0 Å². The number of benzene rings is 1. The summed E-state index contributed by atoms with van der Waals surface area (Å²) < 4.78 is 5.31. The molecule has 6 heteroatoms. The molecule has 1 aliphatic heterocycles. The Morgan fingerprint density at radius 1 is 1.33 bits per heavy atom. The van der Waals surface area contributed by atoms with Crippen LogP contribution in [0, 0.1) is 0 Å². The van der Waals surface area contributed by atoms with Crippen molar-refractivity contribution in [2.24, 2.45) is 0 Å². The van der Waals surface area contributed by atoms with Gasteiger partial charge in [-0.05, 0) is 19.1 Å². The Morgan fingerprint density at radius 2 is 1.90 bits per heavy atom. The van der Waals surface area contributed by atoms with E-state index in [1.54, 1.807) is 7.05 Å². The van der Waals surface area contributed by atoms with Gasteiger partial charge in [-0.15, -0.1) is 0 Å². The van der Waals surface area contributed by atoms with E-state index in [0.717, 1.165) is 13.1 Å². The smallest absolute Gasteiger partial charge is 0.261 e. The van der Waals surface area contributed by atoms with Crippen molar-refractivity contribution in [1.82, 2.24) is 9.80 Å². The zero-order valence-electron chi connectivity index (χ0n) is 12.5. The molecule has 116 valence electrons. The van der Waals surface area contributed by atoms with Gasteiger partial charge in [0.2, 0.25) is 0 Å². The Bertz CT molecular complexity index is 480. The number of phenolic OH excluding ortho intramolecular Hbond substituents is 2. The lowest BCUT2D eigenvalue weighted by molar-refractivity contribution is 0.0142. The Hall–Kier alpha value is -1.79. The third kappa shape index (κ3) is 3.65. The van der Waals surface area contributed by atoms with E-state index in [2.05, 4.69) is 11.8 Å². The lowest BCUT2D eigenvalue weighted by Crippen LogP contribution is -2.47. The molecule has 0 radical (unpaired) electrons. The van der Waals surface area contributed by atoms with E-state index in [1.165, 1.54) is 23.1 Å². The highest BCUT2D eigenvalue weighted by atomic mass is 16.5. The Kier molecular flexibility index (Phi) is 5.03. The van der Waals surface area contributed by atoms with Crippen LogP contribution in [0.2, 0.25) is 0 Å². The van der Waals surface area contributed by atoms with Crippen LogP contribution in [0.3, 0.4) is 0 Å². The normalized spacial score (nSPS) is 17.4. The first-order valence-corrected chi connectivity index (χ1v) is 7.09. The van der Waals surface area contributed by atoms with Gasteiger partial charge in [-0.25, -0.2) is 0 Å². The highest BCUT2D eigenvalue weighted by molar-refractivity contribution is 5.99. The maximum atomic E-state index is 12.4. The molecule has 0 saturated carbocycles. The van der Waals surface area contributed by atoms with Crippen LogP contribution in [-0.4, -0.2) is 71.9 Å². The fourth-order valence-electron chi connectivity index (χ4n) is 2.55. The van der Waals surface area contributed by atoms with E-state index in [-0.39, 0.29) is 29.0 Å². The minimum absolute atomic E-state index is 0.0471. The molecular formula is C15H22N2O4. The van der Waals surface area contributed by atoms with Crippen molar-refractivity contribution < 1.29 is 19.7 Å². The van der Waals surface area contributed by atoms with E-state index in [1.807, 2.05) is 0 Å². The number of carbonyl (C=O) groups excluding carboxylic acids is 1. The van der Waals surface area contributed by atoms with E-state index in [4.69, 9.17) is 4.74 Å². The lowest BCUT2D eigenvalue weighted by atomic mass is 10.1. The summed E-state index contributed by atoms with van der Waals surface area (Å²) in [7, 11) is 1.67. The highest BCUT2D eigenvalue weighted by Crippen LogP contribution is 2.27. The first-order chi connectivity index (χ1) is 10.0. The molecule has 1 aliphatic rings. The van der Waals surface area contributed by atoms with Crippen molar-refractivity contribution in [3.05, 3.63) is 23.8 Å². The molecule has 1 heterocycles. The van der Waals surface area contributed by atoms with E-state index in [0.29, 0.717) is 19.8 Å². The Balaban J connectivity index is 2.02. The molecule has 1 saturated heterocycles. The molecule has 1 fully saturated rings. The van der Waals surface area contributed by atoms with Crippen LogP contribution in [0.1, 0.15) is 17.3 Å². The lowest BCUT2D eigenvalue weighted by Gasteiger charge is -2.34. The number of morpholine rings is 1. The minimum atomic E-state index is -0.384. The van der Waals surface area contributed by atoms with Crippen molar-refractivity contribution in [2.75, 3.05) is 39.9 Å². The van der Waals surface area contributed by atoms with Crippen LogP contribution < -0.4 is 0 Å². The first-order valence-electron chi connectivity index (χ1n) is 7.09. The molecule has 0 unspecified atom stereocenters. The monoisotopic (exact) mass is 294 g/mol. The van der Waals surface area contributed by atoms with E-state index < -0.39 is 0 Å². The zero-order chi connectivity index (χ0) is 15.4. The van der Waals surface area contributed by atoms with Crippen molar-refractivity contribution in [3.63, 3.8) is 0 Å². The van der Waals surface area contributed by atoms with Gasteiger partial charge in [0.05, 0.1) is 13.2 Å². The number of ether oxygens (including phenoxy) is 1. The van der Waals surface area contributed by atoms with Crippen LogP contribution in [-0.2, 0) is 4.74 Å². The van der Waals surface area contributed by atoms with Crippen LogP contribution in [0.15, 0.2) is 18.2 Å². The molecule has 6 nitrogen and oxygen atoms in total. The second-order valence-corrected chi connectivity index (χ2v) is 5.35. The number of phenols is 2. The summed E-state index contributed by atoms with van der Waals surface area (Å²) in [4.78, 5) is 16.2. The van der Waals surface area contributed by atoms with E-state index in [9.17, 15) is 15.0 Å². The van der Waals surface area contributed by atoms with Crippen molar-refractivity contribution in [1.29, 1.82) is 0 Å². The zero-order valence-corrected chi connectivity index (χ0v) is 12.5. The molecule has 1 amide bonds. The molecule has 0 aliphatic carbocycles. The largest absolute Gasteiger partial charge is 0.507 e. The van der Waals surface area contributed by atoms with Gasteiger partial charge in [0.15, 0.2) is 0 Å². The summed E-state index contributed by atoms with van der Waals surface area (Å²) in [5.74, 6) is -0.789. The van der Waals surface area contributed by atoms with Gasteiger partial charge in [-0.2, -0.15) is 0 Å². The van der Waals surface area contributed by atoms with Gasteiger partial charge in [0.1, 0.15) is 17.1 Å². The highest BCUT2D eigenvalue weighted by Gasteiger charge is 2.24. The number of carbonyl (C=O) groups is 1. The van der Waals surface area contributed by atoms with Crippen LogP contribution in [0.5, 0.6) is 11.5 Å². The molecule has 21 heavy (non-hydrogen) atoms. The summed E-state index contributed by atoms with van der Waals surface area (Å²) in [5.41, 5.74) is -0.0471. The summed E-state index contributed by atoms with van der Waals surface area (Å²) in [6.07, 6.45) is 0. The maximum Gasteiger partial charge on any atom is 0.261 e. The fourth-order valence-corrected chi connectivity index (χ4v) is 2.55. The predicted octanol–water partition coefficient (Wildman–Crippen LogP) is 0.890. The minimum Gasteiger partial charge on any atom is -0.507 e. The second kappa shape index (κ2) is 6.78. The first kappa shape index (κ1) is 15.6. The number of likely N-dealkylation sites (N-methyl/N-ethyl adjacent to an activating group) is 1. The summed E-state index contributed by atoms with van der Waals surface area (Å²) in [5, 5.41) is 19.5. The molecule has 1 atom stereocenters. The molecule has 0 spiro atoms. The number of amides is 1. The number of aromatic hydroxyl groups is 2. The number of nitrogens with zero attached hydrogens (tertiary/aromatic N) is 2. The average Bonchev–Trinajstić information content (AvgIpc) is 2.47. The third-order valence-corrected chi connectivity index (χ3v) is 3.79. The van der Waals surface area contributed by atoms with Gasteiger partial charge >= 0.3 is 0 Å². The van der Waals surface area contributed by atoms with E-state index >= 15 is 0 Å². The molecule has 1 aromatic rings. The van der Waals surface area contributed by atoms with Crippen molar-refractivity contribution >= 4 is 5.91 Å². The molecule has 2 N–H and O–H groups in total.